The van der Waals surface area contributed by atoms with Crippen LogP contribution in [0.1, 0.15) is 18.6 Å². The van der Waals surface area contributed by atoms with Gasteiger partial charge in [-0.15, -0.1) is 0 Å². The van der Waals surface area contributed by atoms with Gasteiger partial charge < -0.3 is 10.5 Å². The zero-order chi connectivity index (χ0) is 14.8. The Hall–Kier alpha value is -1.44. The number of alkyl halides is 6. The Morgan fingerprint density at radius 2 is 1.58 bits per heavy atom. The van der Waals surface area contributed by atoms with Gasteiger partial charge in [0.2, 0.25) is 6.10 Å². The van der Waals surface area contributed by atoms with Crippen molar-refractivity contribution in [2.24, 2.45) is 0 Å². The van der Waals surface area contributed by atoms with Crippen LogP contribution < -0.4 is 5.73 Å². The number of rotatable bonds is 3. The van der Waals surface area contributed by atoms with Crippen LogP contribution in [0.15, 0.2) is 24.3 Å². The van der Waals surface area contributed by atoms with Gasteiger partial charge in [0.05, 0.1) is 6.10 Å². The molecule has 108 valence electrons. The van der Waals surface area contributed by atoms with Crippen LogP contribution in [0, 0.1) is 0 Å². The summed E-state index contributed by atoms with van der Waals surface area (Å²) in [6.07, 6.45) is -16.3. The maximum atomic E-state index is 12.3. The largest absolute Gasteiger partial charge is 0.423 e. The van der Waals surface area contributed by atoms with Crippen LogP contribution in [-0.4, -0.2) is 18.5 Å². The molecule has 0 saturated carbocycles. The number of halogens is 6. The molecule has 0 radical (unpaired) electrons. The van der Waals surface area contributed by atoms with E-state index in [9.17, 15) is 26.3 Å². The molecule has 0 fully saturated rings. The Morgan fingerprint density at radius 1 is 1.05 bits per heavy atom. The summed E-state index contributed by atoms with van der Waals surface area (Å²) in [5.74, 6) is 0. The molecule has 0 aliphatic carbocycles. The maximum Gasteiger partial charge on any atom is 0.423 e. The molecule has 2 nitrogen and oxygen atoms in total. The molecule has 0 heterocycles. The van der Waals surface area contributed by atoms with E-state index in [0.717, 1.165) is 6.92 Å². The van der Waals surface area contributed by atoms with E-state index in [1.54, 1.807) is 0 Å². The Morgan fingerprint density at radius 3 is 2.00 bits per heavy atom. The highest BCUT2D eigenvalue weighted by Gasteiger charge is 2.58. The average molecular weight is 287 g/mol. The summed E-state index contributed by atoms with van der Waals surface area (Å²) in [6.45, 7) is 1.10. The van der Waals surface area contributed by atoms with Gasteiger partial charge in [0, 0.05) is 5.69 Å². The van der Waals surface area contributed by atoms with Crippen molar-refractivity contribution in [1.29, 1.82) is 0 Å². The monoisotopic (exact) mass is 287 g/mol. The molecule has 8 heteroatoms. The third-order valence-corrected chi connectivity index (χ3v) is 2.31. The van der Waals surface area contributed by atoms with Gasteiger partial charge in [0.25, 0.3) is 0 Å². The molecular weight excluding hydrogens is 276 g/mol. The predicted molar refractivity (Wildman–Crippen MR) is 56.3 cm³/mol. The normalized spacial score (nSPS) is 14.7. The van der Waals surface area contributed by atoms with Gasteiger partial charge in [-0.25, -0.2) is 0 Å². The first-order valence-electron chi connectivity index (χ1n) is 5.16. The molecule has 1 rings (SSSR count). The fourth-order valence-corrected chi connectivity index (χ4v) is 1.43. The summed E-state index contributed by atoms with van der Waals surface area (Å²) in [5.41, 5.74) is 5.76. The molecule has 0 aliphatic rings. The lowest BCUT2D eigenvalue weighted by molar-refractivity contribution is -0.330. The van der Waals surface area contributed by atoms with E-state index < -0.39 is 24.6 Å². The predicted octanol–water partition coefficient (Wildman–Crippen LogP) is 3.84. The highest BCUT2D eigenvalue weighted by atomic mass is 19.4. The highest BCUT2D eigenvalue weighted by molar-refractivity contribution is 5.41. The van der Waals surface area contributed by atoms with Crippen molar-refractivity contribution in [3.63, 3.8) is 0 Å². The second-order valence-corrected chi connectivity index (χ2v) is 3.91. The van der Waals surface area contributed by atoms with Gasteiger partial charge in [0.1, 0.15) is 0 Å². The second kappa shape index (κ2) is 5.28. The fourth-order valence-electron chi connectivity index (χ4n) is 1.43. The van der Waals surface area contributed by atoms with Crippen molar-refractivity contribution in [2.45, 2.75) is 31.5 Å². The number of benzene rings is 1. The molecule has 0 aliphatic heterocycles. The average Bonchev–Trinajstić information content (AvgIpc) is 2.22. The molecule has 1 atom stereocenters. The van der Waals surface area contributed by atoms with Crippen molar-refractivity contribution >= 4 is 5.69 Å². The van der Waals surface area contributed by atoms with Gasteiger partial charge in [-0.2, -0.15) is 26.3 Å². The van der Waals surface area contributed by atoms with Crippen LogP contribution in [-0.2, 0) is 4.74 Å². The minimum Gasteiger partial charge on any atom is -0.399 e. The lowest BCUT2D eigenvalue weighted by Gasteiger charge is -2.26. The van der Waals surface area contributed by atoms with Gasteiger partial charge in [-0.3, -0.25) is 0 Å². The molecule has 0 spiro atoms. The van der Waals surface area contributed by atoms with E-state index in [-0.39, 0.29) is 11.3 Å². The first-order chi connectivity index (χ1) is 8.51. The quantitative estimate of drug-likeness (QED) is 0.677. The number of nitrogens with two attached hydrogens (primary N) is 1. The summed E-state index contributed by atoms with van der Waals surface area (Å²) in [4.78, 5) is 0. The van der Waals surface area contributed by atoms with Gasteiger partial charge >= 0.3 is 12.4 Å². The minimum absolute atomic E-state index is 0.138. The Kier molecular flexibility index (Phi) is 4.34. The molecule has 0 saturated heterocycles. The Balaban J connectivity index is 2.92. The van der Waals surface area contributed by atoms with Gasteiger partial charge in [-0.05, 0) is 24.6 Å². The fraction of sp³-hybridized carbons (Fsp3) is 0.455. The first kappa shape index (κ1) is 15.6. The van der Waals surface area contributed by atoms with Crippen LogP contribution in [0.3, 0.4) is 0 Å². The summed E-state index contributed by atoms with van der Waals surface area (Å²) >= 11 is 0. The summed E-state index contributed by atoms with van der Waals surface area (Å²) in [7, 11) is 0. The lowest BCUT2D eigenvalue weighted by Crippen LogP contribution is -2.44. The molecule has 19 heavy (non-hydrogen) atoms. The second-order valence-electron chi connectivity index (χ2n) is 3.91. The van der Waals surface area contributed by atoms with E-state index >= 15 is 0 Å². The summed E-state index contributed by atoms with van der Waals surface area (Å²) in [5, 5.41) is 0. The van der Waals surface area contributed by atoms with Crippen LogP contribution in [0.2, 0.25) is 0 Å². The molecule has 1 aromatic rings. The molecule has 0 bridgehead atoms. The van der Waals surface area contributed by atoms with E-state index in [1.807, 2.05) is 0 Å². The minimum atomic E-state index is -5.52. The number of hydrogen-bond donors (Lipinski definition) is 1. The number of ether oxygens (including phenoxy) is 1. The molecule has 1 aromatic carbocycles. The topological polar surface area (TPSA) is 35.2 Å². The Bertz CT molecular complexity index is 414. The number of anilines is 1. The van der Waals surface area contributed by atoms with Crippen molar-refractivity contribution < 1.29 is 31.1 Å². The standard InChI is InChI=1S/C11H11F6NO/c1-6(7-3-2-4-8(18)5-7)19-9(10(12,13)14)11(15,16)17/h2-6,9H,18H2,1H3. The summed E-state index contributed by atoms with van der Waals surface area (Å²) in [6, 6.07) is 5.47. The highest BCUT2D eigenvalue weighted by Crippen LogP contribution is 2.38. The first-order valence-corrected chi connectivity index (χ1v) is 5.16. The molecular formula is C11H11F6NO. The van der Waals surface area contributed by atoms with Crippen molar-refractivity contribution in [2.75, 3.05) is 5.73 Å². The van der Waals surface area contributed by atoms with Crippen LogP contribution in [0.5, 0.6) is 0 Å². The molecule has 2 N–H and O–H groups in total. The van der Waals surface area contributed by atoms with E-state index in [2.05, 4.69) is 4.74 Å². The summed E-state index contributed by atoms with van der Waals surface area (Å²) < 4.78 is 77.9. The molecule has 1 unspecified atom stereocenters. The maximum absolute atomic E-state index is 12.3. The van der Waals surface area contributed by atoms with Crippen molar-refractivity contribution in [3.05, 3.63) is 29.8 Å². The molecule has 0 aromatic heterocycles. The van der Waals surface area contributed by atoms with Gasteiger partial charge in [0.15, 0.2) is 0 Å². The Labute approximate surface area is 105 Å². The van der Waals surface area contributed by atoms with E-state index in [1.165, 1.54) is 24.3 Å². The lowest BCUT2D eigenvalue weighted by atomic mass is 10.1. The SMILES string of the molecule is CC(OC(C(F)(F)F)C(F)(F)F)c1cccc(N)c1. The number of hydrogen-bond acceptors (Lipinski definition) is 2. The zero-order valence-corrected chi connectivity index (χ0v) is 9.72. The van der Waals surface area contributed by atoms with E-state index in [0.29, 0.717) is 0 Å². The van der Waals surface area contributed by atoms with Crippen molar-refractivity contribution in [3.8, 4) is 0 Å². The van der Waals surface area contributed by atoms with Gasteiger partial charge in [-0.1, -0.05) is 12.1 Å². The smallest absolute Gasteiger partial charge is 0.399 e. The van der Waals surface area contributed by atoms with Crippen LogP contribution in [0.25, 0.3) is 0 Å². The third kappa shape index (κ3) is 4.30. The van der Waals surface area contributed by atoms with Crippen LogP contribution in [0.4, 0.5) is 32.0 Å². The third-order valence-electron chi connectivity index (χ3n) is 2.31. The molecule has 0 amide bonds. The number of nitrogen functional groups attached to an aromatic ring is 1. The van der Waals surface area contributed by atoms with E-state index in [4.69, 9.17) is 5.73 Å². The zero-order valence-electron chi connectivity index (χ0n) is 9.72. The van der Waals surface area contributed by atoms with Crippen molar-refractivity contribution in [1.82, 2.24) is 0 Å². The van der Waals surface area contributed by atoms with Crippen LogP contribution >= 0.6 is 0 Å².